The Morgan fingerprint density at radius 2 is 0.792 bits per heavy atom. The minimum Gasteiger partial charge on any atom is -0.148 e. The molecule has 4 heterocycles. The lowest BCUT2D eigenvalue weighted by molar-refractivity contribution is 0.633. The van der Waals surface area contributed by atoms with Gasteiger partial charge in [-0.1, -0.05) is 24.3 Å². The molecule has 122 valence electrons. The summed E-state index contributed by atoms with van der Waals surface area (Å²) in [7, 11) is 0. The third kappa shape index (κ3) is 3.57. The smallest absolute Gasteiger partial charge is 0.0278 e. The second-order valence-electron chi connectivity index (χ2n) is 5.74. The zero-order valence-electron chi connectivity index (χ0n) is 13.1. The molecular weight excluding hydrogens is 368 g/mol. The largest absolute Gasteiger partial charge is 0.148 e. The monoisotopic (exact) mass is 386 g/mol. The predicted molar refractivity (Wildman–Crippen MR) is 110 cm³/mol. The summed E-state index contributed by atoms with van der Waals surface area (Å²) in [6.45, 7) is 0. The van der Waals surface area contributed by atoms with Crippen LogP contribution in [0.3, 0.4) is 0 Å². The van der Waals surface area contributed by atoms with Crippen LogP contribution in [0.1, 0.15) is 44.2 Å². The summed E-state index contributed by atoms with van der Waals surface area (Å²) in [5, 5.41) is 8.80. The molecule has 0 fully saturated rings. The summed E-state index contributed by atoms with van der Waals surface area (Å²) < 4.78 is 0. The van der Waals surface area contributed by atoms with Gasteiger partial charge in [-0.2, -0.15) is 0 Å². The van der Waals surface area contributed by atoms with Gasteiger partial charge in [-0.15, -0.1) is 45.3 Å². The number of thiophene rings is 4. The lowest BCUT2D eigenvalue weighted by Gasteiger charge is -2.19. The van der Waals surface area contributed by atoms with Crippen LogP contribution >= 0.6 is 45.3 Å². The molecule has 0 nitrogen and oxygen atoms in total. The molecular formula is C20H18S4. The van der Waals surface area contributed by atoms with E-state index in [9.17, 15) is 0 Å². The molecule has 0 aliphatic carbocycles. The van der Waals surface area contributed by atoms with Crippen molar-refractivity contribution in [1.82, 2.24) is 0 Å². The van der Waals surface area contributed by atoms with Gasteiger partial charge >= 0.3 is 0 Å². The molecule has 0 N–H and O–H groups in total. The molecule has 4 heteroatoms. The van der Waals surface area contributed by atoms with Crippen LogP contribution in [0, 0.1) is 0 Å². The quantitative estimate of drug-likeness (QED) is 0.305. The van der Waals surface area contributed by atoms with Crippen molar-refractivity contribution in [2.24, 2.45) is 0 Å². The van der Waals surface area contributed by atoms with E-state index in [1.54, 1.807) is 0 Å². The third-order valence-corrected chi connectivity index (χ3v) is 8.23. The summed E-state index contributed by atoms with van der Waals surface area (Å²) in [6, 6.07) is 17.9. The van der Waals surface area contributed by atoms with Crippen molar-refractivity contribution in [2.75, 3.05) is 0 Å². The molecule has 0 saturated carbocycles. The van der Waals surface area contributed by atoms with Crippen molar-refractivity contribution in [1.29, 1.82) is 0 Å². The Kier molecular flexibility index (Phi) is 5.28. The first-order valence-corrected chi connectivity index (χ1v) is 11.6. The highest BCUT2D eigenvalue weighted by Crippen LogP contribution is 2.41. The zero-order valence-corrected chi connectivity index (χ0v) is 16.4. The Balaban J connectivity index is 1.58. The van der Waals surface area contributed by atoms with Gasteiger partial charge in [0.15, 0.2) is 0 Å². The van der Waals surface area contributed by atoms with Crippen LogP contribution in [0.2, 0.25) is 0 Å². The Bertz CT molecular complexity index is 668. The minimum atomic E-state index is 0.535. The maximum absolute atomic E-state index is 2.29. The van der Waals surface area contributed by atoms with E-state index < -0.39 is 0 Å². The minimum absolute atomic E-state index is 0.535. The zero-order chi connectivity index (χ0) is 16.2. The van der Waals surface area contributed by atoms with Gasteiger partial charge in [-0.25, -0.2) is 0 Å². The number of rotatable bonds is 7. The van der Waals surface area contributed by atoms with Crippen LogP contribution in [0.15, 0.2) is 70.1 Å². The average Bonchev–Trinajstić information content (AvgIpc) is 3.42. The fraction of sp³-hybridized carbons (Fsp3) is 0.200. The van der Waals surface area contributed by atoms with E-state index >= 15 is 0 Å². The topological polar surface area (TPSA) is 0 Å². The van der Waals surface area contributed by atoms with E-state index in [2.05, 4.69) is 70.1 Å². The molecule has 0 spiro atoms. The van der Waals surface area contributed by atoms with Gasteiger partial charge in [0.1, 0.15) is 0 Å². The Morgan fingerprint density at radius 1 is 0.500 bits per heavy atom. The van der Waals surface area contributed by atoms with E-state index in [0.29, 0.717) is 11.8 Å². The van der Waals surface area contributed by atoms with Crippen molar-refractivity contribution in [3.05, 3.63) is 89.6 Å². The molecule has 24 heavy (non-hydrogen) atoms. The van der Waals surface area contributed by atoms with Crippen molar-refractivity contribution < 1.29 is 0 Å². The molecule has 0 unspecified atom stereocenters. The summed E-state index contributed by atoms with van der Waals surface area (Å²) in [5.41, 5.74) is 0. The molecule has 0 bridgehead atoms. The van der Waals surface area contributed by atoms with Gasteiger partial charge in [0, 0.05) is 31.3 Å². The van der Waals surface area contributed by atoms with Crippen LogP contribution in [-0.4, -0.2) is 0 Å². The molecule has 0 radical (unpaired) electrons. The van der Waals surface area contributed by atoms with Crippen LogP contribution in [0.4, 0.5) is 0 Å². The molecule has 4 aromatic heterocycles. The fourth-order valence-electron chi connectivity index (χ4n) is 3.14. The lowest BCUT2D eigenvalue weighted by atomic mass is 9.91. The third-order valence-electron chi connectivity index (χ3n) is 4.29. The van der Waals surface area contributed by atoms with Crippen molar-refractivity contribution >= 4 is 45.3 Å². The average molecular weight is 387 g/mol. The van der Waals surface area contributed by atoms with E-state index in [-0.39, 0.29) is 0 Å². The molecule has 0 aliphatic rings. The van der Waals surface area contributed by atoms with Crippen molar-refractivity contribution in [2.45, 2.75) is 24.7 Å². The Morgan fingerprint density at radius 3 is 1.00 bits per heavy atom. The van der Waals surface area contributed by atoms with Gasteiger partial charge in [0.25, 0.3) is 0 Å². The van der Waals surface area contributed by atoms with Crippen LogP contribution < -0.4 is 0 Å². The first-order valence-electron chi connectivity index (χ1n) is 8.05. The van der Waals surface area contributed by atoms with Gasteiger partial charge < -0.3 is 0 Å². The molecule has 0 amide bonds. The molecule has 0 aliphatic heterocycles. The summed E-state index contributed by atoms with van der Waals surface area (Å²) in [4.78, 5) is 5.98. The highest BCUT2D eigenvalue weighted by molar-refractivity contribution is 7.12. The standard InChI is InChI=1S/C20H18S4/c1-5-17(21-11-1)15(18-6-2-12-22-18)9-10-16(19-7-3-13-23-19)20-8-4-14-24-20/h1-8,11-16H,9-10H2. The maximum Gasteiger partial charge on any atom is 0.0278 e. The van der Waals surface area contributed by atoms with Crippen molar-refractivity contribution in [3.8, 4) is 0 Å². The Hall–Kier alpha value is -1.20. The normalized spacial score (nSPS) is 11.6. The van der Waals surface area contributed by atoms with Gasteiger partial charge in [-0.05, 0) is 58.6 Å². The molecule has 4 aromatic rings. The molecule has 4 rings (SSSR count). The van der Waals surface area contributed by atoms with Gasteiger partial charge in [0.2, 0.25) is 0 Å². The van der Waals surface area contributed by atoms with Gasteiger partial charge in [0.05, 0.1) is 0 Å². The van der Waals surface area contributed by atoms with Crippen LogP contribution in [0.25, 0.3) is 0 Å². The summed E-state index contributed by atoms with van der Waals surface area (Å²) >= 11 is 7.55. The lowest BCUT2D eigenvalue weighted by Crippen LogP contribution is -2.03. The second-order valence-corrected chi connectivity index (χ2v) is 9.66. The SMILES string of the molecule is c1csc(C(CCC(c2cccs2)c2cccs2)c2cccs2)c1. The summed E-state index contributed by atoms with van der Waals surface area (Å²) in [6.07, 6.45) is 2.39. The van der Waals surface area contributed by atoms with E-state index in [1.165, 1.54) is 32.4 Å². The van der Waals surface area contributed by atoms with E-state index in [1.807, 2.05) is 45.3 Å². The second kappa shape index (κ2) is 7.79. The van der Waals surface area contributed by atoms with E-state index in [0.717, 1.165) is 0 Å². The highest BCUT2D eigenvalue weighted by Gasteiger charge is 2.22. The fourth-order valence-corrected chi connectivity index (χ4v) is 6.81. The first-order chi connectivity index (χ1) is 11.9. The van der Waals surface area contributed by atoms with Gasteiger partial charge in [-0.3, -0.25) is 0 Å². The van der Waals surface area contributed by atoms with Crippen LogP contribution in [0.5, 0.6) is 0 Å². The highest BCUT2D eigenvalue weighted by atomic mass is 32.1. The number of hydrogen-bond donors (Lipinski definition) is 0. The first kappa shape index (κ1) is 16.3. The van der Waals surface area contributed by atoms with Crippen molar-refractivity contribution in [3.63, 3.8) is 0 Å². The Labute approximate surface area is 159 Å². The molecule has 0 atom stereocenters. The summed E-state index contributed by atoms with van der Waals surface area (Å²) in [5.74, 6) is 1.07. The predicted octanol–water partition coefficient (Wildman–Crippen LogP) is 7.68. The van der Waals surface area contributed by atoms with Crippen LogP contribution in [-0.2, 0) is 0 Å². The van der Waals surface area contributed by atoms with E-state index in [4.69, 9.17) is 0 Å². The molecule has 0 aromatic carbocycles. The molecule has 0 saturated heterocycles. The maximum atomic E-state index is 2.29. The number of hydrogen-bond acceptors (Lipinski definition) is 4.